The SMILES string of the molecule is CCc1nn(C)c(CC)c1CNC(=NC)NC1CCCN(Cc2c(F)cccc2F)C1. The van der Waals surface area contributed by atoms with E-state index in [4.69, 9.17) is 0 Å². The smallest absolute Gasteiger partial charge is 0.191 e. The van der Waals surface area contributed by atoms with Gasteiger partial charge in [0.25, 0.3) is 0 Å². The zero-order chi connectivity index (χ0) is 22.4. The molecule has 0 radical (unpaired) electrons. The number of nitrogens with one attached hydrogen (secondary N) is 2. The van der Waals surface area contributed by atoms with E-state index in [1.807, 2.05) is 11.7 Å². The molecule has 2 heterocycles. The molecule has 6 nitrogen and oxygen atoms in total. The van der Waals surface area contributed by atoms with E-state index >= 15 is 0 Å². The summed E-state index contributed by atoms with van der Waals surface area (Å²) in [6, 6.07) is 4.20. The molecule has 2 aromatic rings. The zero-order valence-corrected chi connectivity index (χ0v) is 19.0. The highest BCUT2D eigenvalue weighted by Gasteiger charge is 2.23. The Bertz CT molecular complexity index is 887. The van der Waals surface area contributed by atoms with Crippen molar-refractivity contribution in [3.63, 3.8) is 0 Å². The Morgan fingerprint density at radius 3 is 2.58 bits per heavy atom. The zero-order valence-electron chi connectivity index (χ0n) is 19.0. The van der Waals surface area contributed by atoms with Crippen molar-refractivity contribution in [2.45, 2.75) is 58.7 Å². The first-order valence-corrected chi connectivity index (χ1v) is 11.1. The van der Waals surface area contributed by atoms with Crippen LogP contribution in [0, 0.1) is 11.6 Å². The largest absolute Gasteiger partial charge is 0.352 e. The lowest BCUT2D eigenvalue weighted by atomic mass is 10.0. The monoisotopic (exact) mass is 432 g/mol. The topological polar surface area (TPSA) is 57.5 Å². The van der Waals surface area contributed by atoms with Gasteiger partial charge in [0.05, 0.1) is 5.69 Å². The highest BCUT2D eigenvalue weighted by atomic mass is 19.1. The number of rotatable bonds is 7. The Kier molecular flexibility index (Phi) is 8.01. The predicted octanol–water partition coefficient (Wildman–Crippen LogP) is 3.15. The number of aromatic nitrogens is 2. The summed E-state index contributed by atoms with van der Waals surface area (Å²) in [5.74, 6) is -0.234. The molecule has 0 saturated carbocycles. The van der Waals surface area contributed by atoms with Crippen LogP contribution in [0.1, 0.15) is 49.2 Å². The highest BCUT2D eigenvalue weighted by Crippen LogP contribution is 2.19. The Morgan fingerprint density at radius 1 is 1.19 bits per heavy atom. The first kappa shape index (κ1) is 23.2. The first-order chi connectivity index (χ1) is 15.0. The molecular weight excluding hydrogens is 398 g/mol. The maximum atomic E-state index is 14.0. The summed E-state index contributed by atoms with van der Waals surface area (Å²) in [7, 11) is 3.75. The quantitative estimate of drug-likeness (QED) is 0.521. The number of halogens is 2. The van der Waals surface area contributed by atoms with Crippen LogP contribution in [0.25, 0.3) is 0 Å². The summed E-state index contributed by atoms with van der Waals surface area (Å²) in [4.78, 5) is 6.48. The number of piperidine rings is 1. The van der Waals surface area contributed by atoms with E-state index in [2.05, 4.69) is 39.5 Å². The van der Waals surface area contributed by atoms with E-state index in [0.717, 1.165) is 43.9 Å². The number of nitrogens with zero attached hydrogens (tertiary/aromatic N) is 4. The van der Waals surface area contributed by atoms with E-state index in [-0.39, 0.29) is 18.2 Å². The van der Waals surface area contributed by atoms with Crippen molar-refractivity contribution in [2.75, 3.05) is 20.1 Å². The predicted molar refractivity (Wildman–Crippen MR) is 120 cm³/mol. The maximum Gasteiger partial charge on any atom is 0.191 e. The fourth-order valence-electron chi connectivity index (χ4n) is 4.38. The average Bonchev–Trinajstić information content (AvgIpc) is 3.08. The standard InChI is InChI=1S/C23H34F2N6/c1-5-21-17(22(6-2)30(4)29-21)13-27-23(26-3)28-16-9-8-12-31(14-16)15-18-19(24)10-7-11-20(18)25/h7,10-11,16H,5-6,8-9,12-15H2,1-4H3,(H2,26,27,28). The van der Waals surface area contributed by atoms with Crippen LogP contribution in [-0.2, 0) is 33.0 Å². The number of guanidine groups is 1. The Labute approximate surface area is 183 Å². The molecule has 2 N–H and O–H groups in total. The van der Waals surface area contributed by atoms with Crippen LogP contribution in [0.4, 0.5) is 8.78 Å². The molecule has 0 bridgehead atoms. The van der Waals surface area contributed by atoms with Gasteiger partial charge in [-0.3, -0.25) is 14.6 Å². The fourth-order valence-corrected chi connectivity index (χ4v) is 4.38. The van der Waals surface area contributed by atoms with E-state index in [1.165, 1.54) is 29.5 Å². The van der Waals surface area contributed by atoms with E-state index in [9.17, 15) is 8.78 Å². The third-order valence-corrected chi connectivity index (χ3v) is 5.97. The number of hydrogen-bond donors (Lipinski definition) is 2. The van der Waals surface area contributed by atoms with Crippen molar-refractivity contribution >= 4 is 5.96 Å². The van der Waals surface area contributed by atoms with Gasteiger partial charge < -0.3 is 10.6 Å². The molecular formula is C23H34F2N6. The Morgan fingerprint density at radius 2 is 1.94 bits per heavy atom. The van der Waals surface area contributed by atoms with Gasteiger partial charge in [0.2, 0.25) is 0 Å². The molecule has 31 heavy (non-hydrogen) atoms. The summed E-state index contributed by atoms with van der Waals surface area (Å²) in [5.41, 5.74) is 3.71. The summed E-state index contributed by atoms with van der Waals surface area (Å²) < 4.78 is 30.0. The van der Waals surface area contributed by atoms with Gasteiger partial charge in [0.1, 0.15) is 11.6 Å². The van der Waals surface area contributed by atoms with Gasteiger partial charge in [-0.2, -0.15) is 5.10 Å². The molecule has 3 rings (SSSR count). The van der Waals surface area contributed by atoms with Gasteiger partial charge in [-0.15, -0.1) is 0 Å². The molecule has 1 aliphatic heterocycles. The van der Waals surface area contributed by atoms with Crippen molar-refractivity contribution in [1.82, 2.24) is 25.3 Å². The van der Waals surface area contributed by atoms with Crippen molar-refractivity contribution in [2.24, 2.45) is 12.0 Å². The minimum atomic E-state index is -0.484. The van der Waals surface area contributed by atoms with Gasteiger partial charge in [0, 0.05) is 56.6 Å². The molecule has 0 amide bonds. The summed E-state index contributed by atoms with van der Waals surface area (Å²) in [6.07, 6.45) is 3.77. The van der Waals surface area contributed by atoms with Crippen LogP contribution in [0.3, 0.4) is 0 Å². The number of benzene rings is 1. The number of aryl methyl sites for hydroxylation is 2. The summed E-state index contributed by atoms with van der Waals surface area (Å²) in [5, 5.41) is 11.5. The average molecular weight is 433 g/mol. The maximum absolute atomic E-state index is 14.0. The normalized spacial score (nSPS) is 17.7. The lowest BCUT2D eigenvalue weighted by Gasteiger charge is -2.34. The molecule has 0 aliphatic carbocycles. The van der Waals surface area contributed by atoms with Crippen LogP contribution in [0.5, 0.6) is 0 Å². The summed E-state index contributed by atoms with van der Waals surface area (Å²) >= 11 is 0. The van der Waals surface area contributed by atoms with Gasteiger partial charge in [-0.25, -0.2) is 8.78 Å². The Hall–Kier alpha value is -2.48. The first-order valence-electron chi connectivity index (χ1n) is 11.1. The third-order valence-electron chi connectivity index (χ3n) is 5.97. The molecule has 0 spiro atoms. The molecule has 1 aromatic heterocycles. The van der Waals surface area contributed by atoms with Crippen LogP contribution >= 0.6 is 0 Å². The van der Waals surface area contributed by atoms with Crippen molar-refractivity contribution < 1.29 is 8.78 Å². The second kappa shape index (κ2) is 10.7. The number of aliphatic imine (C=N–C) groups is 1. The van der Waals surface area contributed by atoms with E-state index < -0.39 is 11.6 Å². The molecule has 1 fully saturated rings. The lowest BCUT2D eigenvalue weighted by molar-refractivity contribution is 0.188. The van der Waals surface area contributed by atoms with Crippen LogP contribution < -0.4 is 10.6 Å². The molecule has 1 aliphatic rings. The van der Waals surface area contributed by atoms with Crippen LogP contribution in [-0.4, -0.2) is 46.8 Å². The van der Waals surface area contributed by atoms with E-state index in [0.29, 0.717) is 13.1 Å². The second-order valence-electron chi connectivity index (χ2n) is 8.05. The van der Waals surface area contributed by atoms with E-state index in [1.54, 1.807) is 7.05 Å². The van der Waals surface area contributed by atoms with Gasteiger partial charge in [0.15, 0.2) is 5.96 Å². The van der Waals surface area contributed by atoms with Gasteiger partial charge in [-0.05, 0) is 44.4 Å². The molecule has 1 aromatic carbocycles. The molecule has 170 valence electrons. The third kappa shape index (κ3) is 5.61. The van der Waals surface area contributed by atoms with Crippen molar-refractivity contribution in [3.05, 3.63) is 52.3 Å². The highest BCUT2D eigenvalue weighted by molar-refractivity contribution is 5.80. The van der Waals surface area contributed by atoms with Crippen molar-refractivity contribution in [1.29, 1.82) is 0 Å². The number of hydrogen-bond acceptors (Lipinski definition) is 3. The Balaban J connectivity index is 1.59. The summed E-state index contributed by atoms with van der Waals surface area (Å²) in [6.45, 7) is 6.74. The minimum Gasteiger partial charge on any atom is -0.352 e. The molecule has 1 atom stereocenters. The van der Waals surface area contributed by atoms with Gasteiger partial charge >= 0.3 is 0 Å². The molecule has 8 heteroatoms. The lowest BCUT2D eigenvalue weighted by Crippen LogP contribution is -2.50. The fraction of sp³-hybridized carbons (Fsp3) is 0.565. The second-order valence-corrected chi connectivity index (χ2v) is 8.05. The van der Waals surface area contributed by atoms with Crippen LogP contribution in [0.2, 0.25) is 0 Å². The molecule has 1 unspecified atom stereocenters. The minimum absolute atomic E-state index is 0.140. The van der Waals surface area contributed by atoms with Gasteiger partial charge in [-0.1, -0.05) is 19.9 Å². The van der Waals surface area contributed by atoms with Crippen molar-refractivity contribution in [3.8, 4) is 0 Å². The van der Waals surface area contributed by atoms with Crippen LogP contribution in [0.15, 0.2) is 23.2 Å². The number of likely N-dealkylation sites (tertiary alicyclic amines) is 1. The molecule has 1 saturated heterocycles.